The van der Waals surface area contributed by atoms with Crippen LogP contribution in [-0.4, -0.2) is 17.3 Å². The molecule has 80 valence electrons. The third-order valence-corrected chi connectivity index (χ3v) is 3.72. The van der Waals surface area contributed by atoms with Crippen LogP contribution in [-0.2, 0) is 4.79 Å². The smallest absolute Gasteiger partial charge is 0.394 e. The van der Waals surface area contributed by atoms with Crippen LogP contribution in [0.5, 0.6) is 0 Å². The lowest BCUT2D eigenvalue weighted by Crippen LogP contribution is -2.60. The van der Waals surface area contributed by atoms with Gasteiger partial charge in [-0.3, -0.25) is 4.79 Å². The molecule has 14 heavy (non-hydrogen) atoms. The number of fused-ring (bicyclic) bond motifs is 2. The minimum atomic E-state index is -4.23. The number of alkyl halides is 3. The van der Waals surface area contributed by atoms with Gasteiger partial charge >= 0.3 is 12.1 Å². The van der Waals surface area contributed by atoms with Crippen LogP contribution >= 0.6 is 0 Å². The molecule has 0 saturated heterocycles. The summed E-state index contributed by atoms with van der Waals surface area (Å²) in [7, 11) is 0. The van der Waals surface area contributed by atoms with E-state index >= 15 is 0 Å². The monoisotopic (exact) mass is 208 g/mol. The minimum absolute atomic E-state index is 0.103. The SMILES string of the molecule is O=C(O)C12CCCC(C(F)(F)F)(C1)C2. The van der Waals surface area contributed by atoms with Crippen molar-refractivity contribution < 1.29 is 23.1 Å². The number of hydrogen-bond donors (Lipinski definition) is 1. The first-order valence-corrected chi connectivity index (χ1v) is 4.62. The van der Waals surface area contributed by atoms with E-state index in [1.54, 1.807) is 0 Å². The van der Waals surface area contributed by atoms with Crippen molar-refractivity contribution in [2.75, 3.05) is 0 Å². The van der Waals surface area contributed by atoms with Gasteiger partial charge in [-0.05, 0) is 25.7 Å². The Labute approximate surface area is 79.1 Å². The van der Waals surface area contributed by atoms with E-state index < -0.39 is 23.0 Å². The van der Waals surface area contributed by atoms with Crippen LogP contribution in [0.15, 0.2) is 0 Å². The van der Waals surface area contributed by atoms with Gasteiger partial charge in [0.2, 0.25) is 0 Å². The largest absolute Gasteiger partial charge is 0.481 e. The summed E-state index contributed by atoms with van der Waals surface area (Å²) in [6.07, 6.45) is -3.76. The van der Waals surface area contributed by atoms with Gasteiger partial charge in [-0.2, -0.15) is 13.2 Å². The molecule has 0 aromatic rings. The van der Waals surface area contributed by atoms with E-state index in [2.05, 4.69) is 0 Å². The summed E-state index contributed by atoms with van der Waals surface area (Å²) in [4.78, 5) is 10.8. The summed E-state index contributed by atoms with van der Waals surface area (Å²) in [5, 5.41) is 8.85. The molecule has 2 nitrogen and oxygen atoms in total. The number of carboxylic acid groups (broad SMARTS) is 1. The first-order valence-electron chi connectivity index (χ1n) is 4.62. The Hall–Kier alpha value is -0.740. The third kappa shape index (κ3) is 1.01. The van der Waals surface area contributed by atoms with Crippen molar-refractivity contribution in [2.45, 2.75) is 38.3 Å². The van der Waals surface area contributed by atoms with E-state index in [0.29, 0.717) is 12.8 Å². The molecule has 2 bridgehead atoms. The van der Waals surface area contributed by atoms with Crippen molar-refractivity contribution in [1.82, 2.24) is 0 Å². The molecular weight excluding hydrogens is 197 g/mol. The Balaban J connectivity index is 2.21. The Morgan fingerprint density at radius 2 is 1.79 bits per heavy atom. The van der Waals surface area contributed by atoms with Crippen LogP contribution in [0.2, 0.25) is 0 Å². The zero-order valence-corrected chi connectivity index (χ0v) is 7.52. The highest BCUT2D eigenvalue weighted by Gasteiger charge is 2.71. The maximum atomic E-state index is 12.6. The molecule has 3 aliphatic rings. The summed E-state index contributed by atoms with van der Waals surface area (Å²) in [5.41, 5.74) is -2.74. The van der Waals surface area contributed by atoms with Gasteiger partial charge in [0.15, 0.2) is 0 Å². The molecule has 0 atom stereocenters. The van der Waals surface area contributed by atoms with E-state index in [1.807, 2.05) is 0 Å². The van der Waals surface area contributed by atoms with Crippen LogP contribution in [0.1, 0.15) is 32.1 Å². The maximum absolute atomic E-state index is 12.6. The lowest BCUT2D eigenvalue weighted by atomic mass is 9.45. The molecule has 1 N–H and O–H groups in total. The molecule has 0 radical (unpaired) electrons. The average Bonchev–Trinajstić information content (AvgIpc) is 2.01. The molecule has 0 aromatic carbocycles. The molecule has 3 saturated carbocycles. The molecule has 0 unspecified atom stereocenters. The van der Waals surface area contributed by atoms with E-state index in [0.717, 1.165) is 0 Å². The van der Waals surface area contributed by atoms with Gasteiger partial charge in [-0.1, -0.05) is 6.42 Å². The minimum Gasteiger partial charge on any atom is -0.481 e. The van der Waals surface area contributed by atoms with Crippen LogP contribution in [0.25, 0.3) is 0 Å². The fraction of sp³-hybridized carbons (Fsp3) is 0.889. The highest BCUT2D eigenvalue weighted by atomic mass is 19.4. The number of carbonyl (C=O) groups is 1. The van der Waals surface area contributed by atoms with Crippen LogP contribution in [0.3, 0.4) is 0 Å². The first kappa shape index (κ1) is 9.80. The van der Waals surface area contributed by atoms with Crippen molar-refractivity contribution in [2.24, 2.45) is 10.8 Å². The Morgan fingerprint density at radius 3 is 2.21 bits per heavy atom. The number of aliphatic carboxylic acids is 1. The Kier molecular flexibility index (Phi) is 1.71. The van der Waals surface area contributed by atoms with Crippen LogP contribution in [0, 0.1) is 10.8 Å². The van der Waals surface area contributed by atoms with Crippen molar-refractivity contribution in [1.29, 1.82) is 0 Å². The van der Waals surface area contributed by atoms with Gasteiger partial charge in [-0.25, -0.2) is 0 Å². The third-order valence-electron chi connectivity index (χ3n) is 3.72. The molecule has 3 rings (SSSR count). The van der Waals surface area contributed by atoms with Gasteiger partial charge in [0.05, 0.1) is 10.8 Å². The highest BCUT2D eigenvalue weighted by molar-refractivity contribution is 5.76. The van der Waals surface area contributed by atoms with E-state index in [1.165, 1.54) is 0 Å². The highest BCUT2D eigenvalue weighted by Crippen LogP contribution is 2.69. The van der Waals surface area contributed by atoms with E-state index in [4.69, 9.17) is 5.11 Å². The van der Waals surface area contributed by atoms with E-state index in [-0.39, 0.29) is 19.3 Å². The topological polar surface area (TPSA) is 37.3 Å². The number of halogens is 3. The summed E-state index contributed by atoms with van der Waals surface area (Å²) < 4.78 is 37.8. The second-order valence-corrected chi connectivity index (χ2v) is 4.57. The maximum Gasteiger partial charge on any atom is 0.394 e. The van der Waals surface area contributed by atoms with E-state index in [9.17, 15) is 18.0 Å². The lowest BCUT2D eigenvalue weighted by Gasteiger charge is -2.58. The van der Waals surface area contributed by atoms with Gasteiger partial charge in [0.25, 0.3) is 0 Å². The summed E-state index contributed by atoms with van der Waals surface area (Å²) >= 11 is 0. The van der Waals surface area contributed by atoms with Crippen molar-refractivity contribution in [3.63, 3.8) is 0 Å². The number of hydrogen-bond acceptors (Lipinski definition) is 1. The second kappa shape index (κ2) is 2.44. The Bertz CT molecular complexity index is 276. The van der Waals surface area contributed by atoms with Crippen LogP contribution < -0.4 is 0 Å². The zero-order valence-electron chi connectivity index (χ0n) is 7.52. The van der Waals surface area contributed by atoms with Crippen molar-refractivity contribution >= 4 is 5.97 Å². The standard InChI is InChI=1S/C9H11F3O2/c10-9(11,12)8-3-1-2-7(4-8,5-8)6(13)14/h1-5H2,(H,13,14). The summed E-state index contributed by atoms with van der Waals surface area (Å²) in [6.45, 7) is 0. The molecular formula is C9H11F3O2. The Morgan fingerprint density at radius 1 is 1.21 bits per heavy atom. The molecule has 0 amide bonds. The molecule has 0 aromatic heterocycles. The molecule has 3 aliphatic carbocycles. The predicted octanol–water partition coefficient (Wildman–Crippen LogP) is 2.58. The zero-order chi connectivity index (χ0) is 10.6. The molecule has 5 heteroatoms. The molecule has 0 spiro atoms. The number of rotatable bonds is 1. The molecule has 3 fully saturated rings. The normalized spacial score (nSPS) is 41.6. The van der Waals surface area contributed by atoms with Gasteiger partial charge in [0, 0.05) is 0 Å². The van der Waals surface area contributed by atoms with Crippen molar-refractivity contribution in [3.8, 4) is 0 Å². The van der Waals surface area contributed by atoms with Crippen molar-refractivity contribution in [3.05, 3.63) is 0 Å². The molecule has 0 heterocycles. The number of carboxylic acids is 1. The lowest BCUT2D eigenvalue weighted by molar-refractivity contribution is -0.297. The van der Waals surface area contributed by atoms with Gasteiger partial charge < -0.3 is 5.11 Å². The fourth-order valence-corrected chi connectivity index (χ4v) is 2.96. The average molecular weight is 208 g/mol. The van der Waals surface area contributed by atoms with Crippen LogP contribution in [0.4, 0.5) is 13.2 Å². The van der Waals surface area contributed by atoms with Gasteiger partial charge in [-0.15, -0.1) is 0 Å². The fourth-order valence-electron chi connectivity index (χ4n) is 2.96. The predicted molar refractivity (Wildman–Crippen MR) is 41.6 cm³/mol. The quantitative estimate of drug-likeness (QED) is 0.719. The second-order valence-electron chi connectivity index (χ2n) is 4.57. The summed E-state index contributed by atoms with van der Waals surface area (Å²) in [6, 6.07) is 0. The summed E-state index contributed by atoms with van der Waals surface area (Å²) in [5.74, 6) is -1.06. The molecule has 0 aliphatic heterocycles. The first-order chi connectivity index (χ1) is 6.31. The van der Waals surface area contributed by atoms with Gasteiger partial charge in [0.1, 0.15) is 0 Å².